The SMILES string of the molecule is O=C(Nc1ccccn1)c1ccc(CN2CCCCC2)cc1. The number of benzene rings is 1. The van der Waals surface area contributed by atoms with Crippen molar-refractivity contribution in [2.24, 2.45) is 0 Å². The van der Waals surface area contributed by atoms with Gasteiger partial charge >= 0.3 is 0 Å². The van der Waals surface area contributed by atoms with Crippen LogP contribution >= 0.6 is 0 Å². The summed E-state index contributed by atoms with van der Waals surface area (Å²) in [6, 6.07) is 13.3. The number of likely N-dealkylation sites (tertiary alicyclic amines) is 1. The fourth-order valence-electron chi connectivity index (χ4n) is 2.76. The van der Waals surface area contributed by atoms with Gasteiger partial charge < -0.3 is 5.32 Å². The number of hydrogen-bond donors (Lipinski definition) is 1. The maximum atomic E-state index is 12.2. The highest BCUT2D eigenvalue weighted by molar-refractivity contribution is 6.03. The van der Waals surface area contributed by atoms with Crippen LogP contribution in [0.3, 0.4) is 0 Å². The Morgan fingerprint density at radius 3 is 2.50 bits per heavy atom. The molecule has 3 rings (SSSR count). The number of hydrogen-bond acceptors (Lipinski definition) is 3. The van der Waals surface area contributed by atoms with Crippen LogP contribution in [0.4, 0.5) is 5.82 Å². The summed E-state index contributed by atoms with van der Waals surface area (Å²) >= 11 is 0. The van der Waals surface area contributed by atoms with E-state index in [2.05, 4.69) is 15.2 Å². The summed E-state index contributed by atoms with van der Waals surface area (Å²) in [6.45, 7) is 3.34. The molecule has 1 amide bonds. The number of piperidine rings is 1. The van der Waals surface area contributed by atoms with Crippen molar-refractivity contribution in [3.05, 3.63) is 59.8 Å². The number of nitrogens with zero attached hydrogens (tertiary/aromatic N) is 2. The van der Waals surface area contributed by atoms with E-state index in [1.54, 1.807) is 12.3 Å². The van der Waals surface area contributed by atoms with Gasteiger partial charge in [0.25, 0.3) is 5.91 Å². The first-order valence-corrected chi connectivity index (χ1v) is 7.85. The fourth-order valence-corrected chi connectivity index (χ4v) is 2.76. The largest absolute Gasteiger partial charge is 0.307 e. The molecule has 1 fully saturated rings. The normalized spacial score (nSPS) is 15.5. The smallest absolute Gasteiger partial charge is 0.256 e. The molecule has 0 bridgehead atoms. The zero-order valence-corrected chi connectivity index (χ0v) is 12.7. The van der Waals surface area contributed by atoms with Crippen molar-refractivity contribution < 1.29 is 4.79 Å². The molecule has 2 aromatic rings. The minimum Gasteiger partial charge on any atom is -0.307 e. The van der Waals surface area contributed by atoms with Gasteiger partial charge in [0.05, 0.1) is 0 Å². The number of anilines is 1. The van der Waals surface area contributed by atoms with Gasteiger partial charge in [-0.1, -0.05) is 24.6 Å². The molecule has 1 aliphatic heterocycles. The first-order chi connectivity index (χ1) is 10.8. The van der Waals surface area contributed by atoms with Crippen molar-refractivity contribution in [3.63, 3.8) is 0 Å². The first-order valence-electron chi connectivity index (χ1n) is 7.85. The van der Waals surface area contributed by atoms with Crippen LogP contribution in [0.1, 0.15) is 35.2 Å². The van der Waals surface area contributed by atoms with Gasteiger partial charge in [0.15, 0.2) is 0 Å². The lowest BCUT2D eigenvalue weighted by Crippen LogP contribution is -2.29. The van der Waals surface area contributed by atoms with Crippen LogP contribution in [0.5, 0.6) is 0 Å². The van der Waals surface area contributed by atoms with Gasteiger partial charge in [-0.05, 0) is 55.8 Å². The third-order valence-corrected chi connectivity index (χ3v) is 3.98. The molecule has 2 heterocycles. The van der Waals surface area contributed by atoms with E-state index in [1.165, 1.54) is 37.9 Å². The predicted octanol–water partition coefficient (Wildman–Crippen LogP) is 3.32. The second kappa shape index (κ2) is 7.18. The first kappa shape index (κ1) is 14.7. The Kier molecular flexibility index (Phi) is 4.81. The summed E-state index contributed by atoms with van der Waals surface area (Å²) in [5.41, 5.74) is 1.92. The number of carbonyl (C=O) groups is 1. The number of rotatable bonds is 4. The molecular formula is C18H21N3O. The highest BCUT2D eigenvalue weighted by Crippen LogP contribution is 2.14. The Morgan fingerprint density at radius 2 is 1.82 bits per heavy atom. The maximum Gasteiger partial charge on any atom is 0.256 e. The zero-order chi connectivity index (χ0) is 15.2. The summed E-state index contributed by atoms with van der Waals surface area (Å²) in [6.07, 6.45) is 5.61. The second-order valence-corrected chi connectivity index (χ2v) is 5.70. The molecule has 114 valence electrons. The van der Waals surface area contributed by atoms with Crippen LogP contribution in [0, 0.1) is 0 Å². The molecule has 22 heavy (non-hydrogen) atoms. The number of carbonyl (C=O) groups excluding carboxylic acids is 1. The summed E-state index contributed by atoms with van der Waals surface area (Å²) in [4.78, 5) is 18.7. The lowest BCUT2D eigenvalue weighted by Gasteiger charge is -2.26. The number of nitrogens with one attached hydrogen (secondary N) is 1. The Hall–Kier alpha value is -2.20. The molecule has 4 nitrogen and oxygen atoms in total. The van der Waals surface area contributed by atoms with Crippen LogP contribution in [0.25, 0.3) is 0 Å². The molecule has 0 spiro atoms. The van der Waals surface area contributed by atoms with E-state index in [4.69, 9.17) is 0 Å². The van der Waals surface area contributed by atoms with Crippen LogP contribution in [0.15, 0.2) is 48.7 Å². The topological polar surface area (TPSA) is 45.2 Å². The Bertz CT molecular complexity index is 604. The van der Waals surface area contributed by atoms with E-state index in [9.17, 15) is 4.79 Å². The van der Waals surface area contributed by atoms with E-state index < -0.39 is 0 Å². The van der Waals surface area contributed by atoms with Crippen molar-refractivity contribution in [2.45, 2.75) is 25.8 Å². The van der Waals surface area contributed by atoms with Gasteiger partial charge in [-0.25, -0.2) is 4.98 Å². The monoisotopic (exact) mass is 295 g/mol. The summed E-state index contributed by atoms with van der Waals surface area (Å²) in [5, 5.41) is 2.80. The summed E-state index contributed by atoms with van der Waals surface area (Å²) in [5.74, 6) is 0.452. The molecule has 4 heteroatoms. The molecule has 0 atom stereocenters. The minimum atomic E-state index is -0.122. The van der Waals surface area contributed by atoms with Crippen molar-refractivity contribution in [2.75, 3.05) is 18.4 Å². The Labute approximate surface area is 131 Å². The van der Waals surface area contributed by atoms with Gasteiger partial charge in [0, 0.05) is 18.3 Å². The van der Waals surface area contributed by atoms with Crippen LogP contribution in [-0.4, -0.2) is 28.9 Å². The zero-order valence-electron chi connectivity index (χ0n) is 12.7. The molecule has 1 saturated heterocycles. The summed E-state index contributed by atoms with van der Waals surface area (Å²) in [7, 11) is 0. The molecule has 0 saturated carbocycles. The van der Waals surface area contributed by atoms with E-state index in [0.29, 0.717) is 11.4 Å². The molecule has 0 unspecified atom stereocenters. The van der Waals surface area contributed by atoms with Gasteiger partial charge in [0.2, 0.25) is 0 Å². The molecule has 0 aliphatic carbocycles. The number of amides is 1. The molecule has 1 aliphatic rings. The molecule has 0 radical (unpaired) electrons. The fraction of sp³-hybridized carbons (Fsp3) is 0.333. The van der Waals surface area contributed by atoms with Gasteiger partial charge in [-0.15, -0.1) is 0 Å². The Balaban J connectivity index is 1.59. The average molecular weight is 295 g/mol. The average Bonchev–Trinajstić information content (AvgIpc) is 2.57. The maximum absolute atomic E-state index is 12.2. The van der Waals surface area contributed by atoms with Gasteiger partial charge in [0.1, 0.15) is 5.82 Å². The van der Waals surface area contributed by atoms with Crippen molar-refractivity contribution >= 4 is 11.7 Å². The van der Waals surface area contributed by atoms with Crippen molar-refractivity contribution in [1.29, 1.82) is 0 Å². The lowest BCUT2D eigenvalue weighted by atomic mass is 10.1. The van der Waals surface area contributed by atoms with Crippen molar-refractivity contribution in [3.8, 4) is 0 Å². The second-order valence-electron chi connectivity index (χ2n) is 5.70. The highest BCUT2D eigenvalue weighted by atomic mass is 16.1. The van der Waals surface area contributed by atoms with Crippen molar-refractivity contribution in [1.82, 2.24) is 9.88 Å². The minimum absolute atomic E-state index is 0.122. The van der Waals surface area contributed by atoms with Crippen LogP contribution in [0.2, 0.25) is 0 Å². The Morgan fingerprint density at radius 1 is 1.05 bits per heavy atom. The van der Waals surface area contributed by atoms with Gasteiger partial charge in [-0.2, -0.15) is 0 Å². The quantitative estimate of drug-likeness (QED) is 0.941. The van der Waals surface area contributed by atoms with E-state index >= 15 is 0 Å². The predicted molar refractivity (Wildman–Crippen MR) is 87.8 cm³/mol. The molecule has 1 aromatic carbocycles. The van der Waals surface area contributed by atoms with Crippen LogP contribution in [-0.2, 0) is 6.54 Å². The lowest BCUT2D eigenvalue weighted by molar-refractivity contribution is 0.102. The molecule has 1 aromatic heterocycles. The standard InChI is InChI=1S/C18H21N3O/c22-18(20-17-6-2-3-11-19-17)16-9-7-15(8-10-16)14-21-12-4-1-5-13-21/h2-3,6-11H,1,4-5,12-14H2,(H,19,20,22). The van der Waals surface area contributed by atoms with Gasteiger partial charge in [-0.3, -0.25) is 9.69 Å². The number of pyridine rings is 1. The molecule has 1 N–H and O–H groups in total. The van der Waals surface area contributed by atoms with E-state index in [1.807, 2.05) is 36.4 Å². The highest BCUT2D eigenvalue weighted by Gasteiger charge is 2.11. The third-order valence-electron chi connectivity index (χ3n) is 3.98. The van der Waals surface area contributed by atoms with E-state index in [0.717, 1.165) is 6.54 Å². The number of aromatic nitrogens is 1. The molecular weight excluding hydrogens is 274 g/mol. The summed E-state index contributed by atoms with van der Waals surface area (Å²) < 4.78 is 0. The third kappa shape index (κ3) is 3.92. The van der Waals surface area contributed by atoms with E-state index in [-0.39, 0.29) is 5.91 Å². The van der Waals surface area contributed by atoms with Crippen LogP contribution < -0.4 is 5.32 Å².